The van der Waals surface area contributed by atoms with E-state index in [1.54, 1.807) is 19.3 Å². The smallest absolute Gasteiger partial charge is 0.322 e. The third kappa shape index (κ3) is 3.81. The van der Waals surface area contributed by atoms with E-state index < -0.39 is 0 Å². The first-order chi connectivity index (χ1) is 11.0. The van der Waals surface area contributed by atoms with Crippen LogP contribution in [0.2, 0.25) is 0 Å². The van der Waals surface area contributed by atoms with E-state index in [1.807, 2.05) is 22.8 Å². The highest BCUT2D eigenvalue weighted by Gasteiger charge is 2.36. The van der Waals surface area contributed by atoms with Crippen LogP contribution in [0.15, 0.2) is 18.5 Å². The Hall–Kier alpha value is -2.11. The second-order valence-electron chi connectivity index (χ2n) is 6.57. The number of amides is 3. The van der Waals surface area contributed by atoms with E-state index in [9.17, 15) is 9.59 Å². The van der Waals surface area contributed by atoms with Crippen LogP contribution in [0.3, 0.4) is 0 Å². The maximum absolute atomic E-state index is 12.6. The number of carbonyl (C=O) groups excluding carboxylic acids is 2. The van der Waals surface area contributed by atoms with Crippen molar-refractivity contribution in [3.8, 4) is 0 Å². The molecule has 23 heavy (non-hydrogen) atoms. The fourth-order valence-electron chi connectivity index (χ4n) is 3.26. The molecule has 124 valence electrons. The minimum absolute atomic E-state index is 0.0980. The van der Waals surface area contributed by atoms with E-state index in [-0.39, 0.29) is 18.0 Å². The molecule has 1 aliphatic carbocycles. The number of carbonyl (C=O) groups is 2. The van der Waals surface area contributed by atoms with Crippen molar-refractivity contribution >= 4 is 17.6 Å². The molecule has 3 rings (SSSR count). The summed E-state index contributed by atoms with van der Waals surface area (Å²) in [6.07, 6.45) is 7.54. The molecule has 1 aliphatic heterocycles. The number of hydrogen-bond donors (Lipinski definition) is 1. The van der Waals surface area contributed by atoms with Crippen LogP contribution in [0.25, 0.3) is 0 Å². The molecule has 1 aromatic rings. The third-order valence-corrected chi connectivity index (χ3v) is 4.56. The largest absolute Gasteiger partial charge is 0.338 e. The van der Waals surface area contributed by atoms with Crippen LogP contribution >= 0.6 is 0 Å². The first-order valence-corrected chi connectivity index (χ1v) is 8.31. The summed E-state index contributed by atoms with van der Waals surface area (Å²) in [5.41, 5.74) is 1.73. The molecule has 1 saturated heterocycles. The van der Waals surface area contributed by atoms with Crippen LogP contribution in [0, 0.1) is 6.92 Å². The Morgan fingerprint density at radius 1 is 1.35 bits per heavy atom. The van der Waals surface area contributed by atoms with Crippen LogP contribution in [0.1, 0.15) is 38.2 Å². The number of aryl methyl sites for hydroxylation is 1. The number of anilines is 1. The highest BCUT2D eigenvalue weighted by atomic mass is 16.2. The molecule has 0 spiro atoms. The summed E-state index contributed by atoms with van der Waals surface area (Å²) in [7, 11) is 0. The van der Waals surface area contributed by atoms with Crippen molar-refractivity contribution in [1.29, 1.82) is 0 Å². The molecule has 1 aromatic heterocycles. The van der Waals surface area contributed by atoms with Gasteiger partial charge in [0, 0.05) is 32.3 Å². The van der Waals surface area contributed by atoms with Crippen molar-refractivity contribution in [1.82, 2.24) is 14.8 Å². The van der Waals surface area contributed by atoms with E-state index in [4.69, 9.17) is 0 Å². The molecule has 1 saturated carbocycles. The Morgan fingerprint density at radius 3 is 2.78 bits per heavy atom. The lowest BCUT2D eigenvalue weighted by atomic mass is 10.2. The Balaban J connectivity index is 1.63. The first-order valence-electron chi connectivity index (χ1n) is 8.31. The monoisotopic (exact) mass is 316 g/mol. The number of likely N-dealkylation sites (tertiary alicyclic amines) is 1. The van der Waals surface area contributed by atoms with E-state index in [0.29, 0.717) is 18.3 Å². The van der Waals surface area contributed by atoms with Gasteiger partial charge in [0.2, 0.25) is 5.91 Å². The molecule has 0 bridgehead atoms. The number of nitrogens with one attached hydrogen (secondary N) is 1. The van der Waals surface area contributed by atoms with Gasteiger partial charge in [-0.1, -0.05) is 0 Å². The lowest BCUT2D eigenvalue weighted by Crippen LogP contribution is -2.46. The maximum Gasteiger partial charge on any atom is 0.322 e. The van der Waals surface area contributed by atoms with Gasteiger partial charge in [-0.15, -0.1) is 0 Å². The zero-order chi connectivity index (χ0) is 16.4. The Labute approximate surface area is 136 Å². The predicted molar refractivity (Wildman–Crippen MR) is 88.1 cm³/mol. The number of nitrogens with zero attached hydrogens (tertiary/aromatic N) is 3. The minimum Gasteiger partial charge on any atom is -0.338 e. The van der Waals surface area contributed by atoms with Crippen LogP contribution in [-0.4, -0.2) is 51.9 Å². The first kappa shape index (κ1) is 15.8. The van der Waals surface area contributed by atoms with Crippen molar-refractivity contribution in [3.63, 3.8) is 0 Å². The van der Waals surface area contributed by atoms with Gasteiger partial charge in [0.25, 0.3) is 0 Å². The molecule has 0 radical (unpaired) electrons. The summed E-state index contributed by atoms with van der Waals surface area (Å²) in [6, 6.07) is 2.30. The van der Waals surface area contributed by atoms with Crippen LogP contribution in [0.4, 0.5) is 10.5 Å². The zero-order valence-electron chi connectivity index (χ0n) is 13.8. The van der Waals surface area contributed by atoms with Crippen molar-refractivity contribution in [2.24, 2.45) is 0 Å². The molecule has 2 heterocycles. The predicted octanol–water partition coefficient (Wildman–Crippen LogP) is 2.40. The number of pyridine rings is 1. The molecule has 2 fully saturated rings. The van der Waals surface area contributed by atoms with Gasteiger partial charge in [0.05, 0.1) is 17.9 Å². The summed E-state index contributed by atoms with van der Waals surface area (Å²) < 4.78 is 0. The van der Waals surface area contributed by atoms with E-state index in [0.717, 1.165) is 37.8 Å². The third-order valence-electron chi connectivity index (χ3n) is 4.56. The Kier molecular flexibility index (Phi) is 4.50. The summed E-state index contributed by atoms with van der Waals surface area (Å²) in [5, 5.41) is 2.92. The molecule has 6 nitrogen and oxygen atoms in total. The van der Waals surface area contributed by atoms with Gasteiger partial charge in [-0.3, -0.25) is 9.78 Å². The molecule has 1 N–H and O–H groups in total. The number of hydrogen-bond acceptors (Lipinski definition) is 3. The number of rotatable bonds is 4. The fraction of sp³-hybridized carbons (Fsp3) is 0.588. The molecular weight excluding hydrogens is 292 g/mol. The zero-order valence-corrected chi connectivity index (χ0v) is 13.8. The van der Waals surface area contributed by atoms with Gasteiger partial charge >= 0.3 is 6.03 Å². The van der Waals surface area contributed by atoms with Gasteiger partial charge < -0.3 is 15.1 Å². The summed E-state index contributed by atoms with van der Waals surface area (Å²) >= 11 is 0. The van der Waals surface area contributed by atoms with E-state index >= 15 is 0 Å². The SMILES string of the molecule is CC(=O)N(CC1CCCN1C(=O)Nc1cncc(C)c1)C1CC1. The number of aromatic nitrogens is 1. The molecular formula is C17H24N4O2. The van der Waals surface area contributed by atoms with E-state index in [1.165, 1.54) is 0 Å². The molecule has 1 unspecified atom stereocenters. The minimum atomic E-state index is -0.0980. The normalized spacial score (nSPS) is 20.4. The standard InChI is InChI=1S/C17H24N4O2/c1-12-8-14(10-18-9-12)19-17(23)20-7-3-4-16(20)11-21(13(2)22)15-5-6-15/h8-10,15-16H,3-7,11H2,1-2H3,(H,19,23). The molecule has 0 aromatic carbocycles. The summed E-state index contributed by atoms with van der Waals surface area (Å²) in [4.78, 5) is 32.3. The van der Waals surface area contributed by atoms with Gasteiger partial charge in [-0.25, -0.2) is 4.79 Å². The van der Waals surface area contributed by atoms with Crippen LogP contribution in [-0.2, 0) is 4.79 Å². The second kappa shape index (κ2) is 6.56. The molecule has 6 heteroatoms. The quantitative estimate of drug-likeness (QED) is 0.927. The van der Waals surface area contributed by atoms with E-state index in [2.05, 4.69) is 10.3 Å². The number of urea groups is 1. The molecule has 3 amide bonds. The van der Waals surface area contributed by atoms with Crippen molar-refractivity contribution in [3.05, 3.63) is 24.0 Å². The van der Waals surface area contributed by atoms with Gasteiger partial charge in [-0.2, -0.15) is 0 Å². The molecule has 2 aliphatic rings. The van der Waals surface area contributed by atoms with Crippen molar-refractivity contribution in [2.45, 2.75) is 51.6 Å². The maximum atomic E-state index is 12.6. The average Bonchev–Trinajstić information content (AvgIpc) is 3.22. The van der Waals surface area contributed by atoms with Gasteiger partial charge in [-0.05, 0) is 44.2 Å². The van der Waals surface area contributed by atoms with Crippen molar-refractivity contribution < 1.29 is 9.59 Å². The summed E-state index contributed by atoms with van der Waals surface area (Å²) in [6.45, 7) is 4.96. The van der Waals surface area contributed by atoms with Crippen LogP contribution < -0.4 is 5.32 Å². The lowest BCUT2D eigenvalue weighted by molar-refractivity contribution is -0.130. The highest BCUT2D eigenvalue weighted by molar-refractivity contribution is 5.89. The second-order valence-corrected chi connectivity index (χ2v) is 6.57. The average molecular weight is 316 g/mol. The van der Waals surface area contributed by atoms with Crippen molar-refractivity contribution in [2.75, 3.05) is 18.4 Å². The highest BCUT2D eigenvalue weighted by Crippen LogP contribution is 2.29. The molecule has 1 atom stereocenters. The summed E-state index contributed by atoms with van der Waals surface area (Å²) in [5.74, 6) is 0.114. The van der Waals surface area contributed by atoms with Crippen LogP contribution in [0.5, 0.6) is 0 Å². The lowest BCUT2D eigenvalue weighted by Gasteiger charge is -2.30. The van der Waals surface area contributed by atoms with Gasteiger partial charge in [0.15, 0.2) is 0 Å². The Bertz CT molecular complexity index is 600. The van der Waals surface area contributed by atoms with Gasteiger partial charge in [0.1, 0.15) is 0 Å². The fourth-order valence-corrected chi connectivity index (χ4v) is 3.26. The topological polar surface area (TPSA) is 65.5 Å². The Morgan fingerprint density at radius 2 is 2.13 bits per heavy atom.